The van der Waals surface area contributed by atoms with Gasteiger partial charge in [-0.05, 0) is 44.9 Å². The van der Waals surface area contributed by atoms with Crippen LogP contribution < -0.4 is 5.73 Å². The first-order chi connectivity index (χ1) is 9.32. The Morgan fingerprint density at radius 3 is 2.60 bits per heavy atom. The maximum Gasteiger partial charge on any atom is 0.222 e. The van der Waals surface area contributed by atoms with E-state index in [9.17, 15) is 13.6 Å². The maximum atomic E-state index is 13.7. The zero-order chi connectivity index (χ0) is 15.3. The lowest BCUT2D eigenvalue weighted by Crippen LogP contribution is -2.30. The minimum atomic E-state index is -0.508. The molecule has 1 aromatic carbocycles. The van der Waals surface area contributed by atoms with Crippen LogP contribution in [0.25, 0.3) is 0 Å². The summed E-state index contributed by atoms with van der Waals surface area (Å²) in [4.78, 5) is 13.4. The molecule has 0 saturated carbocycles. The summed E-state index contributed by atoms with van der Waals surface area (Å²) >= 11 is 0. The van der Waals surface area contributed by atoms with Crippen LogP contribution in [0, 0.1) is 11.6 Å². The Morgan fingerprint density at radius 2 is 2.00 bits per heavy atom. The number of halogens is 2. The van der Waals surface area contributed by atoms with Gasteiger partial charge in [-0.2, -0.15) is 0 Å². The second-order valence-corrected chi connectivity index (χ2v) is 5.22. The van der Waals surface area contributed by atoms with Crippen LogP contribution in [-0.4, -0.2) is 23.9 Å². The Kier molecular flexibility index (Phi) is 6.07. The number of carbonyl (C=O) groups excluding carboxylic acids is 1. The zero-order valence-corrected chi connectivity index (χ0v) is 12.2. The molecule has 1 rings (SSSR count). The number of rotatable bonds is 6. The number of hydrogen-bond donors (Lipinski definition) is 1. The van der Waals surface area contributed by atoms with Crippen LogP contribution >= 0.6 is 0 Å². The van der Waals surface area contributed by atoms with E-state index in [-0.39, 0.29) is 17.5 Å². The van der Waals surface area contributed by atoms with E-state index in [2.05, 4.69) is 0 Å². The van der Waals surface area contributed by atoms with E-state index < -0.39 is 17.7 Å². The number of nitrogens with zero attached hydrogens (tertiary/aromatic N) is 1. The maximum absolute atomic E-state index is 13.7. The third-order valence-corrected chi connectivity index (χ3v) is 3.43. The summed E-state index contributed by atoms with van der Waals surface area (Å²) in [6, 6.07) is 2.83. The van der Waals surface area contributed by atoms with Crippen LogP contribution in [-0.2, 0) is 4.79 Å². The van der Waals surface area contributed by atoms with Crippen LogP contribution in [0.4, 0.5) is 8.78 Å². The molecule has 1 amide bonds. The predicted octanol–water partition coefficient (Wildman–Crippen LogP) is 3.00. The number of amides is 1. The van der Waals surface area contributed by atoms with Gasteiger partial charge in [0.15, 0.2) is 0 Å². The van der Waals surface area contributed by atoms with Crippen molar-refractivity contribution < 1.29 is 13.6 Å². The average Bonchev–Trinajstić information content (AvgIpc) is 2.39. The van der Waals surface area contributed by atoms with Crippen molar-refractivity contribution in [2.75, 3.05) is 7.05 Å². The van der Waals surface area contributed by atoms with E-state index in [1.54, 1.807) is 14.0 Å². The molecule has 0 saturated heterocycles. The summed E-state index contributed by atoms with van der Waals surface area (Å²) in [5, 5.41) is 0. The van der Waals surface area contributed by atoms with Gasteiger partial charge in [0.2, 0.25) is 5.91 Å². The molecular formula is C15H22F2N2O. The highest BCUT2D eigenvalue weighted by Gasteiger charge is 2.20. The fraction of sp³-hybridized carbons (Fsp3) is 0.533. The van der Waals surface area contributed by atoms with Gasteiger partial charge in [0.1, 0.15) is 11.6 Å². The lowest BCUT2D eigenvalue weighted by atomic mass is 10.1. The van der Waals surface area contributed by atoms with Crippen molar-refractivity contribution in [3.63, 3.8) is 0 Å². The molecule has 2 N–H and O–H groups in total. The summed E-state index contributed by atoms with van der Waals surface area (Å²) in [6.07, 6.45) is 1.82. The molecule has 0 aliphatic carbocycles. The van der Waals surface area contributed by atoms with E-state index in [0.29, 0.717) is 12.8 Å². The number of carbonyl (C=O) groups is 1. The molecule has 1 aromatic rings. The standard InChI is InChI=1S/C15H22F2N2O/c1-10(18)5-4-6-15(20)19(3)11(2)13-9-12(16)7-8-14(13)17/h7-11H,4-6,18H2,1-3H3. The molecule has 0 heterocycles. The van der Waals surface area contributed by atoms with Gasteiger partial charge < -0.3 is 10.6 Å². The summed E-state index contributed by atoms with van der Waals surface area (Å²) in [5.74, 6) is -1.11. The van der Waals surface area contributed by atoms with Gasteiger partial charge >= 0.3 is 0 Å². The van der Waals surface area contributed by atoms with Gasteiger partial charge in [0.05, 0.1) is 6.04 Å². The lowest BCUT2D eigenvalue weighted by molar-refractivity contribution is -0.132. The fourth-order valence-corrected chi connectivity index (χ4v) is 2.01. The SMILES string of the molecule is CC(N)CCCC(=O)N(C)C(C)c1cc(F)ccc1F. The van der Waals surface area contributed by atoms with Crippen LogP contribution in [0.15, 0.2) is 18.2 Å². The zero-order valence-electron chi connectivity index (χ0n) is 12.2. The first kappa shape index (κ1) is 16.6. The Hall–Kier alpha value is -1.49. The molecule has 3 nitrogen and oxygen atoms in total. The molecule has 0 aliphatic rings. The largest absolute Gasteiger partial charge is 0.339 e. The number of hydrogen-bond acceptors (Lipinski definition) is 2. The highest BCUT2D eigenvalue weighted by atomic mass is 19.1. The number of nitrogens with two attached hydrogens (primary N) is 1. The van der Waals surface area contributed by atoms with Crippen molar-refractivity contribution in [3.8, 4) is 0 Å². The molecule has 0 aromatic heterocycles. The molecule has 0 spiro atoms. The summed E-state index contributed by atoms with van der Waals surface area (Å²) in [5.41, 5.74) is 5.81. The van der Waals surface area contributed by atoms with Crippen LogP contribution in [0.1, 0.15) is 44.7 Å². The summed E-state index contributed by atoms with van der Waals surface area (Å²) in [6.45, 7) is 3.57. The molecule has 2 unspecified atom stereocenters. The van der Waals surface area contributed by atoms with E-state index in [1.807, 2.05) is 6.92 Å². The van der Waals surface area contributed by atoms with Gasteiger partial charge in [-0.25, -0.2) is 8.78 Å². The quantitative estimate of drug-likeness (QED) is 0.873. The Labute approximate surface area is 118 Å². The molecule has 2 atom stereocenters. The molecule has 5 heteroatoms. The normalized spacial score (nSPS) is 13.9. The molecular weight excluding hydrogens is 262 g/mol. The van der Waals surface area contributed by atoms with Gasteiger partial charge in [-0.15, -0.1) is 0 Å². The van der Waals surface area contributed by atoms with E-state index in [0.717, 1.165) is 24.6 Å². The smallest absolute Gasteiger partial charge is 0.222 e. The van der Waals surface area contributed by atoms with Crippen LogP contribution in [0.3, 0.4) is 0 Å². The first-order valence-electron chi connectivity index (χ1n) is 6.79. The minimum Gasteiger partial charge on any atom is -0.339 e. The lowest BCUT2D eigenvalue weighted by Gasteiger charge is -2.26. The summed E-state index contributed by atoms with van der Waals surface area (Å²) in [7, 11) is 1.60. The molecule has 0 fully saturated rings. The van der Waals surface area contributed by atoms with E-state index in [4.69, 9.17) is 5.73 Å². The topological polar surface area (TPSA) is 46.3 Å². The van der Waals surface area contributed by atoms with Crippen LogP contribution in [0.5, 0.6) is 0 Å². The molecule has 20 heavy (non-hydrogen) atoms. The van der Waals surface area contributed by atoms with E-state index >= 15 is 0 Å². The van der Waals surface area contributed by atoms with E-state index in [1.165, 1.54) is 4.90 Å². The first-order valence-corrected chi connectivity index (χ1v) is 6.79. The highest BCUT2D eigenvalue weighted by molar-refractivity contribution is 5.76. The third kappa shape index (κ3) is 4.56. The van der Waals surface area contributed by atoms with Crippen molar-refractivity contribution >= 4 is 5.91 Å². The summed E-state index contributed by atoms with van der Waals surface area (Å²) < 4.78 is 26.9. The Bertz CT molecular complexity index is 463. The van der Waals surface area contributed by atoms with Gasteiger partial charge in [-0.3, -0.25) is 4.79 Å². The monoisotopic (exact) mass is 284 g/mol. The van der Waals surface area contributed by atoms with Crippen molar-refractivity contribution in [2.24, 2.45) is 5.73 Å². The highest BCUT2D eigenvalue weighted by Crippen LogP contribution is 2.23. The number of benzene rings is 1. The van der Waals surface area contributed by atoms with Crippen molar-refractivity contribution in [1.82, 2.24) is 4.90 Å². The predicted molar refractivity (Wildman–Crippen MR) is 75.0 cm³/mol. The second-order valence-electron chi connectivity index (χ2n) is 5.22. The van der Waals surface area contributed by atoms with Crippen LogP contribution in [0.2, 0.25) is 0 Å². The Balaban J connectivity index is 2.68. The Morgan fingerprint density at radius 1 is 1.35 bits per heavy atom. The van der Waals surface area contributed by atoms with Gasteiger partial charge in [-0.1, -0.05) is 0 Å². The molecule has 112 valence electrons. The minimum absolute atomic E-state index is 0.0613. The second kappa shape index (κ2) is 7.33. The molecule has 0 radical (unpaired) electrons. The molecule has 0 aliphatic heterocycles. The third-order valence-electron chi connectivity index (χ3n) is 3.43. The van der Waals surface area contributed by atoms with Gasteiger partial charge in [0, 0.05) is 25.1 Å². The van der Waals surface area contributed by atoms with Crippen molar-refractivity contribution in [3.05, 3.63) is 35.4 Å². The van der Waals surface area contributed by atoms with Crippen molar-refractivity contribution in [1.29, 1.82) is 0 Å². The molecule has 0 bridgehead atoms. The van der Waals surface area contributed by atoms with Gasteiger partial charge in [0.25, 0.3) is 0 Å². The average molecular weight is 284 g/mol. The van der Waals surface area contributed by atoms with Crippen molar-refractivity contribution in [2.45, 2.75) is 45.2 Å². The fourth-order valence-electron chi connectivity index (χ4n) is 2.01.